The fourth-order valence-corrected chi connectivity index (χ4v) is 3.17. The lowest BCUT2D eigenvalue weighted by atomic mass is 9.90. The smallest absolute Gasteiger partial charge is 0.235 e. The van der Waals surface area contributed by atoms with Crippen LogP contribution >= 0.6 is 11.3 Å². The number of thiazole rings is 1. The molecule has 1 unspecified atom stereocenters. The van der Waals surface area contributed by atoms with E-state index in [2.05, 4.69) is 15.6 Å². The molecule has 0 saturated heterocycles. The van der Waals surface area contributed by atoms with Gasteiger partial charge in [-0.3, -0.25) is 9.59 Å². The largest absolute Gasteiger partial charge is 0.312 e. The summed E-state index contributed by atoms with van der Waals surface area (Å²) < 4.78 is 0. The fourth-order valence-electron chi connectivity index (χ4n) is 2.42. The van der Waals surface area contributed by atoms with Gasteiger partial charge in [-0.25, -0.2) is 4.98 Å². The molecule has 5 nitrogen and oxygen atoms in total. The van der Waals surface area contributed by atoms with Gasteiger partial charge in [-0.15, -0.1) is 11.3 Å². The maximum atomic E-state index is 12.4. The van der Waals surface area contributed by atoms with Gasteiger partial charge in [0, 0.05) is 25.4 Å². The maximum Gasteiger partial charge on any atom is 0.235 e. The standard InChI is InChI=1S/C15H15N3O2S/c1-9(19)13-8-21-15(17-13)18-14(20)12-7-16-6-10-4-2-3-5-11(10)12/h2-5,8,12,16H,6-7H2,1H3,(H,17,18,20). The van der Waals surface area contributed by atoms with Crippen molar-refractivity contribution in [3.8, 4) is 0 Å². The molecule has 1 atom stereocenters. The van der Waals surface area contributed by atoms with Gasteiger partial charge < -0.3 is 10.6 Å². The second-order valence-corrected chi connectivity index (χ2v) is 5.82. The van der Waals surface area contributed by atoms with Crippen LogP contribution in [-0.2, 0) is 11.3 Å². The van der Waals surface area contributed by atoms with E-state index in [9.17, 15) is 9.59 Å². The molecule has 1 aliphatic rings. The number of rotatable bonds is 3. The summed E-state index contributed by atoms with van der Waals surface area (Å²) in [6.07, 6.45) is 0. The van der Waals surface area contributed by atoms with Crippen LogP contribution in [0.15, 0.2) is 29.6 Å². The first-order valence-electron chi connectivity index (χ1n) is 6.71. The van der Waals surface area contributed by atoms with Gasteiger partial charge in [-0.1, -0.05) is 24.3 Å². The number of aromatic nitrogens is 1. The SMILES string of the molecule is CC(=O)c1csc(NC(=O)C2CNCc3ccccc32)n1. The van der Waals surface area contributed by atoms with Crippen molar-refractivity contribution in [1.82, 2.24) is 10.3 Å². The highest BCUT2D eigenvalue weighted by molar-refractivity contribution is 7.14. The lowest BCUT2D eigenvalue weighted by Gasteiger charge is -2.25. The van der Waals surface area contributed by atoms with Crippen LogP contribution in [0.1, 0.15) is 34.5 Å². The first-order chi connectivity index (χ1) is 10.1. The number of amides is 1. The molecule has 1 aromatic carbocycles. The van der Waals surface area contributed by atoms with E-state index in [0.717, 1.165) is 17.7 Å². The average molecular weight is 301 g/mol. The number of ketones is 1. The number of nitrogens with one attached hydrogen (secondary N) is 2. The zero-order chi connectivity index (χ0) is 14.8. The molecule has 0 aliphatic carbocycles. The zero-order valence-corrected chi connectivity index (χ0v) is 12.4. The number of nitrogens with zero attached hydrogens (tertiary/aromatic N) is 1. The number of anilines is 1. The van der Waals surface area contributed by atoms with E-state index in [1.54, 1.807) is 5.38 Å². The van der Waals surface area contributed by atoms with Gasteiger partial charge in [0.25, 0.3) is 0 Å². The van der Waals surface area contributed by atoms with Crippen LogP contribution in [0, 0.1) is 0 Å². The van der Waals surface area contributed by atoms with Crippen LogP contribution in [0.2, 0.25) is 0 Å². The Morgan fingerprint density at radius 3 is 2.95 bits per heavy atom. The van der Waals surface area contributed by atoms with Gasteiger partial charge in [-0.05, 0) is 11.1 Å². The van der Waals surface area contributed by atoms with E-state index in [-0.39, 0.29) is 17.6 Å². The number of fused-ring (bicyclic) bond motifs is 1. The maximum absolute atomic E-state index is 12.4. The average Bonchev–Trinajstić information content (AvgIpc) is 2.95. The van der Waals surface area contributed by atoms with E-state index < -0.39 is 0 Å². The summed E-state index contributed by atoms with van der Waals surface area (Å²) in [6, 6.07) is 7.94. The summed E-state index contributed by atoms with van der Waals surface area (Å²) in [5.41, 5.74) is 2.59. The van der Waals surface area contributed by atoms with Crippen LogP contribution < -0.4 is 10.6 Å². The molecule has 0 fully saturated rings. The quantitative estimate of drug-likeness (QED) is 0.852. The minimum atomic E-state index is -0.236. The van der Waals surface area contributed by atoms with Gasteiger partial charge >= 0.3 is 0 Å². The predicted octanol–water partition coefficient (Wildman–Crippen LogP) is 2.17. The number of hydrogen-bond donors (Lipinski definition) is 2. The van der Waals surface area contributed by atoms with Gasteiger partial charge in [0.2, 0.25) is 5.91 Å². The van der Waals surface area contributed by atoms with Crippen LogP contribution in [0.3, 0.4) is 0 Å². The molecule has 0 saturated carbocycles. The van der Waals surface area contributed by atoms with Crippen molar-refractivity contribution in [1.29, 1.82) is 0 Å². The summed E-state index contributed by atoms with van der Waals surface area (Å²) in [6.45, 7) is 2.85. The Morgan fingerprint density at radius 1 is 1.38 bits per heavy atom. The first kappa shape index (κ1) is 13.9. The van der Waals surface area contributed by atoms with E-state index in [0.29, 0.717) is 17.4 Å². The Balaban J connectivity index is 1.78. The fraction of sp³-hybridized carbons (Fsp3) is 0.267. The topological polar surface area (TPSA) is 71.1 Å². The molecule has 0 spiro atoms. The molecule has 6 heteroatoms. The third-order valence-corrected chi connectivity index (χ3v) is 4.26. The van der Waals surface area contributed by atoms with Crippen LogP contribution in [0.5, 0.6) is 0 Å². The number of Topliss-reactive ketones (excluding diaryl/α,β-unsaturated/α-hetero) is 1. The molecule has 2 N–H and O–H groups in total. The molecular weight excluding hydrogens is 286 g/mol. The molecule has 0 radical (unpaired) electrons. The van der Waals surface area contributed by atoms with Gasteiger partial charge in [0.1, 0.15) is 5.69 Å². The monoisotopic (exact) mass is 301 g/mol. The molecule has 1 amide bonds. The van der Waals surface area contributed by atoms with Crippen molar-refractivity contribution < 1.29 is 9.59 Å². The minimum absolute atomic E-state index is 0.0981. The Labute approximate surface area is 126 Å². The van der Waals surface area contributed by atoms with Crippen molar-refractivity contribution in [2.24, 2.45) is 0 Å². The van der Waals surface area contributed by atoms with E-state index in [1.807, 2.05) is 24.3 Å². The van der Waals surface area contributed by atoms with Crippen molar-refractivity contribution in [3.05, 3.63) is 46.5 Å². The van der Waals surface area contributed by atoms with Gasteiger partial charge in [0.05, 0.1) is 5.92 Å². The third-order valence-electron chi connectivity index (χ3n) is 3.51. The lowest BCUT2D eigenvalue weighted by Crippen LogP contribution is -2.35. The van der Waals surface area contributed by atoms with Crippen molar-refractivity contribution in [2.75, 3.05) is 11.9 Å². The third kappa shape index (κ3) is 2.86. The summed E-state index contributed by atoms with van der Waals surface area (Å²) in [4.78, 5) is 27.8. The molecule has 2 aromatic rings. The minimum Gasteiger partial charge on any atom is -0.312 e. The van der Waals surface area contributed by atoms with Crippen LogP contribution in [0.25, 0.3) is 0 Å². The zero-order valence-electron chi connectivity index (χ0n) is 11.6. The molecular formula is C15H15N3O2S. The van der Waals surface area contributed by atoms with E-state index >= 15 is 0 Å². The van der Waals surface area contributed by atoms with E-state index in [1.165, 1.54) is 18.3 Å². The summed E-state index contributed by atoms with van der Waals surface area (Å²) in [7, 11) is 0. The highest BCUT2D eigenvalue weighted by Gasteiger charge is 2.26. The van der Waals surface area contributed by atoms with Gasteiger partial charge in [0.15, 0.2) is 10.9 Å². The first-order valence-corrected chi connectivity index (χ1v) is 7.59. The molecule has 108 valence electrons. The second-order valence-electron chi connectivity index (χ2n) is 4.97. The molecule has 2 heterocycles. The lowest BCUT2D eigenvalue weighted by molar-refractivity contribution is -0.117. The molecule has 21 heavy (non-hydrogen) atoms. The van der Waals surface area contributed by atoms with Crippen LogP contribution in [-0.4, -0.2) is 23.2 Å². The Morgan fingerprint density at radius 2 is 2.19 bits per heavy atom. The predicted molar refractivity (Wildman–Crippen MR) is 81.6 cm³/mol. The van der Waals surface area contributed by atoms with E-state index in [4.69, 9.17) is 0 Å². The second kappa shape index (κ2) is 5.75. The summed E-state index contributed by atoms with van der Waals surface area (Å²) >= 11 is 1.27. The number of carbonyl (C=O) groups excluding carboxylic acids is 2. The van der Waals surface area contributed by atoms with Crippen molar-refractivity contribution in [2.45, 2.75) is 19.4 Å². The van der Waals surface area contributed by atoms with Crippen molar-refractivity contribution >= 4 is 28.2 Å². The summed E-state index contributed by atoms with van der Waals surface area (Å²) in [5, 5.41) is 8.18. The number of carbonyl (C=O) groups is 2. The highest BCUT2D eigenvalue weighted by atomic mass is 32.1. The van der Waals surface area contributed by atoms with Crippen molar-refractivity contribution in [3.63, 3.8) is 0 Å². The number of hydrogen-bond acceptors (Lipinski definition) is 5. The number of benzene rings is 1. The van der Waals surface area contributed by atoms with Gasteiger partial charge in [-0.2, -0.15) is 0 Å². The molecule has 3 rings (SSSR count). The normalized spacial score (nSPS) is 17.1. The van der Waals surface area contributed by atoms with Crippen LogP contribution in [0.4, 0.5) is 5.13 Å². The Hall–Kier alpha value is -2.05. The summed E-state index contributed by atoms with van der Waals surface area (Å²) in [5.74, 6) is -0.435. The molecule has 1 aromatic heterocycles. The highest BCUT2D eigenvalue weighted by Crippen LogP contribution is 2.26. The Bertz CT molecular complexity index is 696. The molecule has 1 aliphatic heterocycles. The molecule has 0 bridgehead atoms. The Kier molecular flexibility index (Phi) is 3.81.